The largest absolute Gasteiger partial charge is 0.740 e. The van der Waals surface area contributed by atoms with Crippen molar-refractivity contribution in [3.8, 4) is 45.7 Å². The number of imidazole rings is 3. The third kappa shape index (κ3) is 5.68. The summed E-state index contributed by atoms with van der Waals surface area (Å²) in [6.45, 7) is 0. The van der Waals surface area contributed by atoms with Crippen LogP contribution in [0.2, 0.25) is 0 Å². The molecule has 0 bridgehead atoms. The molecule has 0 fully saturated rings. The van der Waals surface area contributed by atoms with E-state index in [0.29, 0.717) is 67.3 Å². The second-order valence-corrected chi connectivity index (χ2v) is 12.2. The summed E-state index contributed by atoms with van der Waals surface area (Å²) in [5, 5.41) is 0. The third-order valence-electron chi connectivity index (χ3n) is 6.79. The van der Waals surface area contributed by atoms with Crippen LogP contribution in [0.1, 0.15) is 0 Å². The van der Waals surface area contributed by atoms with Crippen molar-refractivity contribution in [1.29, 1.82) is 0 Å². The lowest BCUT2D eigenvalue weighted by molar-refractivity contribution is 0.439. The van der Waals surface area contributed by atoms with Gasteiger partial charge < -0.3 is 32.4 Å². The van der Waals surface area contributed by atoms with Crippen LogP contribution in [0.4, 0.5) is 0 Å². The molecule has 0 amide bonds. The van der Waals surface area contributed by atoms with Crippen molar-refractivity contribution in [3.63, 3.8) is 0 Å². The van der Waals surface area contributed by atoms with Crippen LogP contribution in [0.3, 0.4) is 0 Å². The minimum absolute atomic E-state index is 0.0841. The van der Waals surface area contributed by atoms with Gasteiger partial charge in [0.2, 0.25) is 0 Å². The first-order valence-electron chi connectivity index (χ1n) is 12.7. The van der Waals surface area contributed by atoms with Crippen LogP contribution in [-0.2, 0) is 32.8 Å². The average molecular weight is 665 g/mol. The monoisotopic (exact) mass is 664 g/mol. The Morgan fingerprint density at radius 2 is 1.11 bits per heavy atom. The quantitative estimate of drug-likeness (QED) is 0.134. The van der Waals surface area contributed by atoms with E-state index in [4.69, 9.17) is 8.37 Å². The highest BCUT2D eigenvalue weighted by Crippen LogP contribution is 2.36. The summed E-state index contributed by atoms with van der Waals surface area (Å²) in [5.74, 6) is 1.38. The molecule has 0 saturated carbocycles. The SMILES string of the molecule is O=S([O-])Oc1ccc2nc(-c3ccc(-c4nc5ccc(S(=O)(=O)O)cc5[nH]4)cc3-c3nc4ccc(OS(=O)[O-])cc4[nH]3)[nH]c2c1. The molecule has 4 aromatic carbocycles. The van der Waals surface area contributed by atoms with Gasteiger partial charge in [-0.05, 0) is 54.6 Å². The van der Waals surface area contributed by atoms with Gasteiger partial charge in [0.05, 0.1) is 38.0 Å². The topological polar surface area (TPSA) is 239 Å². The van der Waals surface area contributed by atoms with Gasteiger partial charge in [0, 0.05) is 28.8 Å². The molecule has 228 valence electrons. The molecule has 3 aromatic heterocycles. The second kappa shape index (κ2) is 10.9. The molecule has 15 nitrogen and oxygen atoms in total. The molecule has 3 heterocycles. The van der Waals surface area contributed by atoms with Gasteiger partial charge in [0.15, 0.2) is 0 Å². The zero-order valence-corrected chi connectivity index (χ0v) is 24.7. The molecule has 0 saturated heterocycles. The predicted octanol–water partition coefficient (Wildman–Crippen LogP) is 3.91. The van der Waals surface area contributed by atoms with Crippen molar-refractivity contribution < 1.29 is 38.9 Å². The summed E-state index contributed by atoms with van der Waals surface area (Å²) in [6, 6.07) is 18.4. The van der Waals surface area contributed by atoms with E-state index in [9.17, 15) is 30.5 Å². The molecule has 0 radical (unpaired) electrons. The lowest BCUT2D eigenvalue weighted by Gasteiger charge is -2.08. The molecule has 0 aliphatic heterocycles. The maximum atomic E-state index is 11.6. The minimum atomic E-state index is -4.42. The van der Waals surface area contributed by atoms with Crippen LogP contribution in [0.5, 0.6) is 11.5 Å². The smallest absolute Gasteiger partial charge is 0.294 e. The van der Waals surface area contributed by atoms with Crippen LogP contribution < -0.4 is 8.37 Å². The maximum absolute atomic E-state index is 11.6. The Morgan fingerprint density at radius 1 is 0.622 bits per heavy atom. The van der Waals surface area contributed by atoms with Crippen LogP contribution in [0.25, 0.3) is 67.3 Å². The molecule has 18 heteroatoms. The van der Waals surface area contributed by atoms with Crippen LogP contribution in [-0.4, -0.2) is 60.4 Å². The van der Waals surface area contributed by atoms with E-state index in [-0.39, 0.29) is 16.4 Å². The summed E-state index contributed by atoms with van der Waals surface area (Å²) in [4.78, 5) is 23.1. The lowest BCUT2D eigenvalue weighted by Crippen LogP contribution is -1.97. The van der Waals surface area contributed by atoms with Gasteiger partial charge in [-0.25, -0.2) is 23.4 Å². The van der Waals surface area contributed by atoms with Gasteiger partial charge in [-0.1, -0.05) is 6.07 Å². The fourth-order valence-electron chi connectivity index (χ4n) is 4.87. The van der Waals surface area contributed by atoms with Gasteiger partial charge in [-0.3, -0.25) is 4.55 Å². The van der Waals surface area contributed by atoms with Crippen molar-refractivity contribution in [2.75, 3.05) is 0 Å². The third-order valence-corrected chi connectivity index (χ3v) is 8.30. The van der Waals surface area contributed by atoms with E-state index < -0.39 is 32.8 Å². The molecule has 2 atom stereocenters. The van der Waals surface area contributed by atoms with Crippen LogP contribution >= 0.6 is 0 Å². The molecule has 0 spiro atoms. The molecule has 7 aromatic rings. The molecule has 7 rings (SSSR count). The maximum Gasteiger partial charge on any atom is 0.294 e. The summed E-state index contributed by atoms with van der Waals surface area (Å²) in [7, 11) is -4.42. The minimum Gasteiger partial charge on any atom is -0.740 e. The Balaban J connectivity index is 1.38. The predicted molar refractivity (Wildman–Crippen MR) is 161 cm³/mol. The summed E-state index contributed by atoms with van der Waals surface area (Å²) in [5.41, 5.74) is 4.62. The van der Waals surface area contributed by atoms with E-state index >= 15 is 0 Å². The number of nitrogens with zero attached hydrogens (tertiary/aromatic N) is 3. The summed E-state index contributed by atoms with van der Waals surface area (Å²) < 4.78 is 86.3. The van der Waals surface area contributed by atoms with E-state index in [1.54, 1.807) is 30.3 Å². The highest BCUT2D eigenvalue weighted by atomic mass is 32.2. The Bertz CT molecular complexity index is 2450. The van der Waals surface area contributed by atoms with Crippen molar-refractivity contribution in [1.82, 2.24) is 29.9 Å². The van der Waals surface area contributed by atoms with Crippen molar-refractivity contribution in [2.45, 2.75) is 4.90 Å². The first-order chi connectivity index (χ1) is 21.5. The Hall–Kier alpha value is -4.98. The highest BCUT2D eigenvalue weighted by Gasteiger charge is 2.19. The molecule has 2 unspecified atom stereocenters. The van der Waals surface area contributed by atoms with Gasteiger partial charge >= 0.3 is 0 Å². The highest BCUT2D eigenvalue weighted by molar-refractivity contribution is 7.85. The molecular formula is C27H16N6O9S3-2. The Kier molecular flexibility index (Phi) is 6.95. The first-order valence-corrected chi connectivity index (χ1v) is 16.1. The van der Waals surface area contributed by atoms with E-state index in [1.165, 1.54) is 42.5 Å². The van der Waals surface area contributed by atoms with Crippen LogP contribution in [0, 0.1) is 0 Å². The number of aromatic amines is 3. The number of benzene rings is 4. The normalized spacial score (nSPS) is 13.4. The Morgan fingerprint density at radius 3 is 1.67 bits per heavy atom. The zero-order chi connectivity index (χ0) is 31.5. The summed E-state index contributed by atoms with van der Waals surface area (Å²) >= 11 is -5.52. The molecular weight excluding hydrogens is 649 g/mol. The second-order valence-electron chi connectivity index (χ2n) is 9.60. The van der Waals surface area contributed by atoms with Crippen molar-refractivity contribution >= 4 is 65.9 Å². The van der Waals surface area contributed by atoms with E-state index in [1.807, 2.05) is 0 Å². The standard InChI is InChI=1S/C27H18N6O9S3/c34-43(35)41-14-2-6-19-22(10-14)32-26(29-19)17-5-1-13(25-28-21-8-4-16(45(38,39)40)12-24(21)31-25)9-18(17)27-30-20-7-3-15(42-44(36)37)11-23(20)33-27/h1-12H,(H,28,31)(H,29,32)(H,30,33)(H,34,35)(H,36,37)(H,38,39,40)/p-2. The number of hydrogen-bond donors (Lipinski definition) is 4. The zero-order valence-electron chi connectivity index (χ0n) is 22.2. The number of nitrogens with one attached hydrogen (secondary N) is 3. The first kappa shape index (κ1) is 28.8. The molecule has 45 heavy (non-hydrogen) atoms. The number of H-pyrrole nitrogens is 3. The molecule has 0 aliphatic rings. The average Bonchev–Trinajstić information content (AvgIpc) is 3.71. The van der Waals surface area contributed by atoms with Gasteiger partial charge in [-0.2, -0.15) is 8.42 Å². The Labute approximate surface area is 257 Å². The number of rotatable bonds is 8. The van der Waals surface area contributed by atoms with Crippen molar-refractivity contribution in [3.05, 3.63) is 72.8 Å². The number of aromatic nitrogens is 6. The van der Waals surface area contributed by atoms with Gasteiger partial charge in [-0.15, -0.1) is 0 Å². The number of hydrogen-bond acceptors (Lipinski definition) is 11. The van der Waals surface area contributed by atoms with Crippen LogP contribution in [0.15, 0.2) is 77.7 Å². The van der Waals surface area contributed by atoms with Gasteiger partial charge in [0.25, 0.3) is 10.1 Å². The summed E-state index contributed by atoms with van der Waals surface area (Å²) in [6.07, 6.45) is 0. The fraction of sp³-hybridized carbons (Fsp3) is 0. The van der Waals surface area contributed by atoms with E-state index in [2.05, 4.69) is 29.9 Å². The fourth-order valence-corrected chi connectivity index (χ4v) is 5.90. The van der Waals surface area contributed by atoms with Gasteiger partial charge in [0.1, 0.15) is 51.7 Å². The molecule has 4 N–H and O–H groups in total. The van der Waals surface area contributed by atoms with Crippen molar-refractivity contribution in [2.24, 2.45) is 0 Å². The molecule has 0 aliphatic carbocycles. The van der Waals surface area contributed by atoms with E-state index in [0.717, 1.165) is 0 Å². The lowest BCUT2D eigenvalue weighted by atomic mass is 10.0. The number of fused-ring (bicyclic) bond motifs is 3.